The van der Waals surface area contributed by atoms with Gasteiger partial charge in [0.1, 0.15) is 43.1 Å². The van der Waals surface area contributed by atoms with Gasteiger partial charge in [-0.2, -0.15) is 35.8 Å². The Morgan fingerprint density at radius 3 is 1.86 bits per heavy atom. The Morgan fingerprint density at radius 1 is 0.662 bits per heavy atom. The maximum Gasteiger partial charge on any atom is 0.296 e. The zero-order chi connectivity index (χ0) is 51.8. The maximum absolute atomic E-state index is 12.8. The summed E-state index contributed by atoms with van der Waals surface area (Å²) < 4.78 is 104. The molecular weight excluding hydrogens is 1040 g/mol. The summed E-state index contributed by atoms with van der Waals surface area (Å²) in [5, 5.41) is 47.0. The van der Waals surface area contributed by atoms with Crippen LogP contribution in [-0.4, -0.2) is 49.8 Å². The van der Waals surface area contributed by atoms with Crippen LogP contribution in [0.15, 0.2) is 132 Å². The molecular formula is C45H34Cl2N10O10S4. The molecule has 0 saturated heterocycles. The number of carbonyl (C=O) groups is 1. The number of nitrogens with one attached hydrogen (secondary N) is 3. The number of anilines is 5. The van der Waals surface area contributed by atoms with E-state index in [1.807, 2.05) is 0 Å². The predicted octanol–water partition coefficient (Wildman–Crippen LogP) is 12.4. The standard InChI is InChI=1S/C45H34Cl2N10O10S4/c1-23-32(21-48)40(51-28-16-17-34(47)37(19-28)71(65,66)67)53-41(50-26-14-10-25(46)11-15-26)39(23)55-56-42-33(22-49)38(24-8-12-27(13-9-24)52-44(58)45(2,3)4)43(68-42)57-54-29-18-31-30(36(20-29)70(62,63)64)6-5-7-35(31)69(59,60)61/h5-20H,1-4H3,(H,52,58)(H2,50,51,53)(H,59,60,61)(H,62,63,64)(H,65,66,67)/b56-55?,57-54+. The molecule has 0 unspecified atom stereocenters. The zero-order valence-corrected chi connectivity index (χ0v) is 41.7. The molecule has 7 aromatic rings. The van der Waals surface area contributed by atoms with Crippen LogP contribution in [0.3, 0.4) is 0 Å². The van der Waals surface area contributed by atoms with E-state index in [-0.39, 0.29) is 82.7 Å². The molecule has 0 saturated carbocycles. The molecule has 0 aliphatic carbocycles. The van der Waals surface area contributed by atoms with Gasteiger partial charge >= 0.3 is 0 Å². The van der Waals surface area contributed by atoms with Crippen LogP contribution in [0.25, 0.3) is 21.9 Å². The minimum atomic E-state index is -5.02. The van der Waals surface area contributed by atoms with Gasteiger partial charge < -0.3 is 16.0 Å². The van der Waals surface area contributed by atoms with Gasteiger partial charge in [-0.15, -0.1) is 20.5 Å². The molecule has 0 spiro atoms. The maximum atomic E-state index is 12.8. The fraction of sp³-hybridized carbons (Fsp3) is 0.111. The third-order valence-electron chi connectivity index (χ3n) is 10.2. The molecule has 2 heterocycles. The van der Waals surface area contributed by atoms with E-state index in [9.17, 15) is 54.2 Å². The van der Waals surface area contributed by atoms with Gasteiger partial charge in [0.05, 0.1) is 16.3 Å². The summed E-state index contributed by atoms with van der Waals surface area (Å²) in [7, 11) is -14.7. The number of pyridine rings is 1. The van der Waals surface area contributed by atoms with Crippen molar-refractivity contribution in [2.45, 2.75) is 42.4 Å². The molecule has 6 N–H and O–H groups in total. The Bertz CT molecular complexity index is 3830. The van der Waals surface area contributed by atoms with Crippen molar-refractivity contribution < 1.29 is 43.7 Å². The van der Waals surface area contributed by atoms with Crippen molar-refractivity contribution in [2.75, 3.05) is 16.0 Å². The molecule has 20 nitrogen and oxygen atoms in total. The van der Waals surface area contributed by atoms with Crippen molar-refractivity contribution in [1.29, 1.82) is 10.5 Å². The Labute approximate surface area is 419 Å². The van der Waals surface area contributed by atoms with Crippen molar-refractivity contribution in [3.63, 3.8) is 0 Å². The fourth-order valence-corrected chi connectivity index (χ4v) is 10.1. The van der Waals surface area contributed by atoms with Crippen LogP contribution >= 0.6 is 34.5 Å². The van der Waals surface area contributed by atoms with E-state index in [0.717, 1.165) is 35.6 Å². The monoisotopic (exact) mass is 1070 g/mol. The topological polar surface area (TPSA) is 326 Å². The van der Waals surface area contributed by atoms with Crippen LogP contribution in [0.4, 0.5) is 50.1 Å². The second kappa shape index (κ2) is 19.9. The molecule has 26 heteroatoms. The van der Waals surface area contributed by atoms with E-state index in [0.29, 0.717) is 22.0 Å². The van der Waals surface area contributed by atoms with Gasteiger partial charge in [0.15, 0.2) is 16.6 Å². The highest BCUT2D eigenvalue weighted by Gasteiger charge is 2.26. The smallest absolute Gasteiger partial charge is 0.296 e. The number of nitrogens with zero attached hydrogens (tertiary/aromatic N) is 7. The summed E-state index contributed by atoms with van der Waals surface area (Å²) in [5.74, 6) is -0.362. The quantitative estimate of drug-likeness (QED) is 0.0462. The van der Waals surface area contributed by atoms with Gasteiger partial charge in [0.2, 0.25) is 5.91 Å². The first-order chi connectivity index (χ1) is 33.3. The minimum Gasteiger partial charge on any atom is -0.339 e. The van der Waals surface area contributed by atoms with E-state index in [1.54, 1.807) is 69.3 Å². The first-order valence-corrected chi connectivity index (χ1v) is 26.0. The molecule has 0 aliphatic heterocycles. The lowest BCUT2D eigenvalue weighted by atomic mass is 9.95. The van der Waals surface area contributed by atoms with Crippen molar-refractivity contribution in [3.05, 3.63) is 124 Å². The van der Waals surface area contributed by atoms with E-state index >= 15 is 0 Å². The van der Waals surface area contributed by atoms with Crippen LogP contribution < -0.4 is 16.0 Å². The third kappa shape index (κ3) is 11.5. The number of thiophene rings is 1. The summed E-state index contributed by atoms with van der Waals surface area (Å²) in [6.45, 7) is 6.73. The van der Waals surface area contributed by atoms with E-state index in [2.05, 4.69) is 53.5 Å². The highest BCUT2D eigenvalue weighted by molar-refractivity contribution is 7.86. The number of benzene rings is 5. The molecule has 5 aromatic carbocycles. The van der Waals surface area contributed by atoms with Crippen LogP contribution in [0, 0.1) is 35.0 Å². The Balaban J connectivity index is 1.41. The van der Waals surface area contributed by atoms with Crippen molar-refractivity contribution in [2.24, 2.45) is 25.9 Å². The van der Waals surface area contributed by atoms with E-state index in [4.69, 9.17) is 23.2 Å². The van der Waals surface area contributed by atoms with Crippen molar-refractivity contribution in [3.8, 4) is 23.3 Å². The first-order valence-electron chi connectivity index (χ1n) is 20.1. The van der Waals surface area contributed by atoms with Gasteiger partial charge in [0.25, 0.3) is 30.4 Å². The van der Waals surface area contributed by atoms with Crippen LogP contribution in [-0.2, 0) is 35.1 Å². The number of hydrogen-bond donors (Lipinski definition) is 6. The molecule has 71 heavy (non-hydrogen) atoms. The molecule has 7 rings (SSSR count). The number of aromatic nitrogens is 1. The number of carbonyl (C=O) groups excluding carboxylic acids is 1. The molecule has 0 fully saturated rings. The molecule has 2 aromatic heterocycles. The number of halogens is 2. The number of amides is 1. The van der Waals surface area contributed by atoms with E-state index in [1.165, 1.54) is 31.2 Å². The predicted molar refractivity (Wildman–Crippen MR) is 267 cm³/mol. The van der Waals surface area contributed by atoms with Crippen molar-refractivity contribution in [1.82, 2.24) is 4.98 Å². The number of hydrogen-bond acceptors (Lipinski definition) is 17. The normalized spacial score (nSPS) is 12.3. The average Bonchev–Trinajstić information content (AvgIpc) is 3.65. The summed E-state index contributed by atoms with van der Waals surface area (Å²) in [6, 6.07) is 26.0. The zero-order valence-electron chi connectivity index (χ0n) is 37.0. The number of nitriles is 2. The summed E-state index contributed by atoms with van der Waals surface area (Å²) in [5.41, 5.74) is 0.396. The molecule has 0 radical (unpaired) electrons. The lowest BCUT2D eigenvalue weighted by Crippen LogP contribution is -2.27. The molecule has 0 atom stereocenters. The molecule has 0 aliphatic rings. The third-order valence-corrected chi connectivity index (χ3v) is 14.5. The second-order valence-corrected chi connectivity index (χ2v) is 22.1. The van der Waals surface area contributed by atoms with Crippen molar-refractivity contribution >= 4 is 132 Å². The molecule has 0 bridgehead atoms. The molecule has 362 valence electrons. The SMILES string of the molecule is Cc1c(C#N)c(Nc2ccc(Cl)c(S(=O)(=O)O)c2)nc(Nc2ccc(Cl)cc2)c1N=Nc1sc(/N=N/c2cc(S(=O)(=O)O)c3cccc(S(=O)(=O)O)c3c2)c(-c2ccc(NC(=O)C(C)(C)C)cc2)c1C#N. The minimum absolute atomic E-state index is 0.00247. The Kier molecular flexibility index (Phi) is 14.4. The number of rotatable bonds is 13. The lowest BCUT2D eigenvalue weighted by Gasteiger charge is -2.17. The highest BCUT2D eigenvalue weighted by atomic mass is 35.5. The first kappa shape index (κ1) is 51.6. The number of fused-ring (bicyclic) bond motifs is 1. The Hall–Kier alpha value is -7.23. The second-order valence-electron chi connectivity index (χ2n) is 16.1. The van der Waals surface area contributed by atoms with Gasteiger partial charge in [-0.1, -0.05) is 79.6 Å². The van der Waals surface area contributed by atoms with Crippen LogP contribution in [0.2, 0.25) is 10.0 Å². The largest absolute Gasteiger partial charge is 0.339 e. The van der Waals surface area contributed by atoms with Crippen LogP contribution in [0.5, 0.6) is 0 Å². The van der Waals surface area contributed by atoms with Crippen LogP contribution in [0.1, 0.15) is 37.5 Å². The Morgan fingerprint density at radius 2 is 1.25 bits per heavy atom. The average molecular weight is 1070 g/mol. The van der Waals surface area contributed by atoms with Gasteiger partial charge in [-0.3, -0.25) is 18.5 Å². The lowest BCUT2D eigenvalue weighted by molar-refractivity contribution is -0.123. The number of azo groups is 2. The highest BCUT2D eigenvalue weighted by Crippen LogP contribution is 2.49. The van der Waals surface area contributed by atoms with Gasteiger partial charge in [-0.05, 0) is 85.3 Å². The summed E-state index contributed by atoms with van der Waals surface area (Å²) in [6.07, 6.45) is 0. The fourth-order valence-electron chi connectivity index (χ4n) is 6.68. The molecule has 1 amide bonds. The summed E-state index contributed by atoms with van der Waals surface area (Å²) >= 11 is 13.0. The summed E-state index contributed by atoms with van der Waals surface area (Å²) in [4.78, 5) is 15.4. The van der Waals surface area contributed by atoms with Gasteiger partial charge in [-0.25, -0.2) is 4.98 Å². The van der Waals surface area contributed by atoms with Gasteiger partial charge in [0, 0.05) is 49.4 Å². The van der Waals surface area contributed by atoms with E-state index < -0.39 is 50.5 Å².